The second-order valence-corrected chi connectivity index (χ2v) is 17.0. The second-order valence-electron chi connectivity index (χ2n) is 13.6. The van der Waals surface area contributed by atoms with E-state index in [1.54, 1.807) is 0 Å². The Labute approximate surface area is 346 Å². The van der Waals surface area contributed by atoms with E-state index in [0.717, 1.165) is 0 Å². The summed E-state index contributed by atoms with van der Waals surface area (Å²) in [6, 6.07) is 6.18. The fourth-order valence-electron chi connectivity index (χ4n) is 7.12. The number of hydrogen-bond donors (Lipinski definition) is 10. The van der Waals surface area contributed by atoms with Crippen molar-refractivity contribution in [1.29, 1.82) is 0 Å². The topological polar surface area (TPSA) is 278 Å². The number of nitrogens with zero attached hydrogens (tertiary/aromatic N) is 2. The number of unbranched alkanes of at least 4 members (excludes halogenated alkanes) is 2. The van der Waals surface area contributed by atoms with Gasteiger partial charge < -0.3 is 59.7 Å². The maximum Gasteiger partial charge on any atom is 0.342 e. The smallest absolute Gasteiger partial charge is 0.342 e. The number of para-hydroxylation sites is 2. The molecule has 57 heavy (non-hydrogen) atoms. The Kier molecular flexibility index (Phi) is 25.6. The first kappa shape index (κ1) is 55.2. The average molecular weight is 895 g/mol. The molecule has 4 atom stereocenters. The number of ether oxygens (including phenoxy) is 2. The second kappa shape index (κ2) is 26.4. The van der Waals surface area contributed by atoms with E-state index in [-0.39, 0.29) is 103 Å². The number of phenols is 2. The summed E-state index contributed by atoms with van der Waals surface area (Å²) in [6.45, 7) is 0.534. The maximum atomic E-state index is 13.2. The van der Waals surface area contributed by atoms with Crippen LogP contribution >= 0.6 is 15.2 Å². The number of aromatic hydroxyl groups is 2. The van der Waals surface area contributed by atoms with Gasteiger partial charge >= 0.3 is 15.2 Å². The largest absolute Gasteiger partial charge is 0.507 e. The SMILES string of the molecule is C.CCC(N(Cc1cccc(CO)c1O)C(CO)C(CO)(CCCCCC(=O)CCOCCOC)N(CP(=O)(O)O)C(C)c1cccc(CO)c1O)P(=O)(O)O.[Fe]. The van der Waals surface area contributed by atoms with Crippen molar-refractivity contribution in [3.8, 4) is 11.5 Å². The number of hydrogen-bond acceptors (Lipinski definition) is 13. The van der Waals surface area contributed by atoms with Crippen LogP contribution in [0.2, 0.25) is 0 Å². The van der Waals surface area contributed by atoms with E-state index in [1.165, 1.54) is 67.2 Å². The van der Waals surface area contributed by atoms with Crippen LogP contribution < -0.4 is 0 Å². The van der Waals surface area contributed by atoms with Crippen molar-refractivity contribution in [3.63, 3.8) is 0 Å². The molecule has 0 aliphatic rings. The molecule has 2 rings (SSSR count). The van der Waals surface area contributed by atoms with Crippen molar-refractivity contribution in [2.75, 3.05) is 46.4 Å². The Bertz CT molecular complexity index is 1580. The van der Waals surface area contributed by atoms with E-state index in [9.17, 15) is 64.1 Å². The van der Waals surface area contributed by atoms with Crippen LogP contribution in [0.5, 0.6) is 11.5 Å². The molecule has 0 aliphatic heterocycles. The van der Waals surface area contributed by atoms with Gasteiger partial charge in [-0.25, -0.2) is 0 Å². The minimum absolute atomic E-state index is 0. The Morgan fingerprint density at radius 1 is 0.842 bits per heavy atom. The van der Waals surface area contributed by atoms with E-state index in [0.29, 0.717) is 26.1 Å². The Morgan fingerprint density at radius 3 is 1.96 bits per heavy atom. The third-order valence-electron chi connectivity index (χ3n) is 10.00. The maximum absolute atomic E-state index is 13.2. The van der Waals surface area contributed by atoms with Gasteiger partial charge in [0.25, 0.3) is 0 Å². The molecule has 0 aromatic heterocycles. The number of aliphatic hydroxyl groups is 4. The van der Waals surface area contributed by atoms with Gasteiger partial charge in [0.05, 0.1) is 57.8 Å². The molecular weight excluding hydrogens is 830 g/mol. The molecule has 0 bridgehead atoms. The fourth-order valence-corrected chi connectivity index (χ4v) is 9.15. The third kappa shape index (κ3) is 16.0. The summed E-state index contributed by atoms with van der Waals surface area (Å²) in [5, 5.41) is 64.7. The Balaban J connectivity index is 0.0000157. The molecule has 0 saturated heterocycles. The first-order chi connectivity index (χ1) is 26.0. The van der Waals surface area contributed by atoms with Crippen LogP contribution in [0.3, 0.4) is 0 Å². The molecule has 0 radical (unpaired) electrons. The summed E-state index contributed by atoms with van der Waals surface area (Å²) in [6.07, 6.45) is -0.0418. The van der Waals surface area contributed by atoms with Crippen molar-refractivity contribution in [2.45, 2.75) is 109 Å². The quantitative estimate of drug-likeness (QED) is 0.0333. The van der Waals surface area contributed by atoms with E-state index in [4.69, 9.17) is 9.47 Å². The zero-order valence-electron chi connectivity index (χ0n) is 32.2. The molecule has 0 saturated carbocycles. The molecule has 20 heteroatoms. The molecule has 0 aliphatic carbocycles. The number of carbonyl (C=O) groups excluding carboxylic acids is 1. The summed E-state index contributed by atoms with van der Waals surface area (Å²) in [4.78, 5) is 57.3. The van der Waals surface area contributed by atoms with Crippen molar-refractivity contribution in [2.24, 2.45) is 0 Å². The predicted molar refractivity (Wildman–Crippen MR) is 210 cm³/mol. The molecule has 2 aromatic rings. The summed E-state index contributed by atoms with van der Waals surface area (Å²) < 4.78 is 36.4. The van der Waals surface area contributed by atoms with Crippen LogP contribution in [0.1, 0.15) is 94.5 Å². The zero-order chi connectivity index (χ0) is 41.4. The van der Waals surface area contributed by atoms with Crippen molar-refractivity contribution in [1.82, 2.24) is 9.80 Å². The van der Waals surface area contributed by atoms with E-state index in [2.05, 4.69) is 0 Å². The Morgan fingerprint density at radius 2 is 1.44 bits per heavy atom. The number of methoxy groups -OCH3 is 1. The van der Waals surface area contributed by atoms with Gasteiger partial charge in [0.15, 0.2) is 0 Å². The number of benzene rings is 2. The summed E-state index contributed by atoms with van der Waals surface area (Å²) in [5.41, 5.74) is -1.49. The molecule has 2 aromatic carbocycles. The minimum Gasteiger partial charge on any atom is -0.507 e. The molecule has 330 valence electrons. The van der Waals surface area contributed by atoms with Crippen molar-refractivity contribution < 1.29 is 90.7 Å². The Hall–Kier alpha value is -1.79. The summed E-state index contributed by atoms with van der Waals surface area (Å²) >= 11 is 0. The van der Waals surface area contributed by atoms with E-state index < -0.39 is 77.9 Å². The molecule has 0 amide bonds. The molecule has 4 unspecified atom stereocenters. The first-order valence-corrected chi connectivity index (χ1v) is 21.7. The van der Waals surface area contributed by atoms with Gasteiger partial charge in [-0.3, -0.25) is 23.7 Å². The van der Waals surface area contributed by atoms with Gasteiger partial charge in [0.2, 0.25) is 0 Å². The van der Waals surface area contributed by atoms with Gasteiger partial charge in [0, 0.05) is 71.9 Å². The molecule has 10 N–H and O–H groups in total. The molecule has 0 heterocycles. The van der Waals surface area contributed by atoms with Crippen LogP contribution in [-0.2, 0) is 60.2 Å². The number of rotatable bonds is 28. The van der Waals surface area contributed by atoms with Crippen LogP contribution in [-0.4, -0.2) is 130 Å². The van der Waals surface area contributed by atoms with Crippen LogP contribution in [0.25, 0.3) is 0 Å². The van der Waals surface area contributed by atoms with Gasteiger partial charge in [-0.05, 0) is 26.2 Å². The summed E-state index contributed by atoms with van der Waals surface area (Å²) in [7, 11) is -8.59. The number of carbonyl (C=O) groups is 1. The average Bonchev–Trinajstić information content (AvgIpc) is 3.13. The van der Waals surface area contributed by atoms with Crippen molar-refractivity contribution >= 4 is 21.0 Å². The van der Waals surface area contributed by atoms with E-state index in [1.807, 2.05) is 0 Å². The van der Waals surface area contributed by atoms with Crippen molar-refractivity contribution in [3.05, 3.63) is 58.7 Å². The standard InChI is InChI=1S/C36H60N2O15P2.CH4.Fe/c1-4-33(55(49,50)51)37(20-27-10-8-11-28(21-39)34(27)44)32(23-41)36(24-42,16-7-5-6-13-30(43)15-17-53-19-18-52-3)38(25-54(46,47)48)26(2)31-14-9-12-29(22-40)35(31)45;;/h8-12,14,26,32-33,39-42,44-45H,4-7,13,15-25H2,1-3H3,(H2,46,47,48)(H2,49,50,51);1H4;. The number of ketones is 1. The summed E-state index contributed by atoms with van der Waals surface area (Å²) in [5.74, 6) is -2.45. The van der Waals surface area contributed by atoms with Crippen LogP contribution in [0.15, 0.2) is 36.4 Å². The van der Waals surface area contributed by atoms with Crippen LogP contribution in [0.4, 0.5) is 0 Å². The third-order valence-corrected chi connectivity index (χ3v) is 12.1. The molecule has 0 fully saturated rings. The molecule has 0 spiro atoms. The van der Waals surface area contributed by atoms with Gasteiger partial charge in [-0.1, -0.05) is 63.6 Å². The number of aliphatic hydroxyl groups excluding tert-OH is 4. The zero-order valence-corrected chi connectivity index (χ0v) is 35.1. The van der Waals surface area contributed by atoms with Gasteiger partial charge in [-0.15, -0.1) is 0 Å². The van der Waals surface area contributed by atoms with E-state index >= 15 is 0 Å². The van der Waals surface area contributed by atoms with Gasteiger partial charge in [-0.2, -0.15) is 0 Å². The monoisotopic (exact) mass is 894 g/mol. The predicted octanol–water partition coefficient (Wildman–Crippen LogP) is 3.29. The van der Waals surface area contributed by atoms with Crippen LogP contribution in [0, 0.1) is 0 Å². The number of Topliss-reactive ketones (excluding diaryl/α,β-unsaturated/α-hetero) is 1. The molecule has 17 nitrogen and oxygen atoms in total. The van der Waals surface area contributed by atoms with Gasteiger partial charge in [0.1, 0.15) is 29.4 Å². The molecular formula is C37H64FeN2O15P2. The first-order valence-electron chi connectivity index (χ1n) is 18.2. The fraction of sp³-hybridized carbons (Fsp3) is 0.649. The normalized spacial score (nSPS) is 14.8. The minimum atomic E-state index is -5.08.